The van der Waals surface area contributed by atoms with Crippen LogP contribution in [-0.4, -0.2) is 31.4 Å². The molecule has 1 N–H and O–H groups in total. The number of amides is 1. The maximum atomic E-state index is 13.7. The highest BCUT2D eigenvalue weighted by Gasteiger charge is 2.47. The van der Waals surface area contributed by atoms with Gasteiger partial charge in [-0.2, -0.15) is 0 Å². The molecular weight excluding hydrogens is 450 g/mol. The van der Waals surface area contributed by atoms with Crippen molar-refractivity contribution in [3.8, 4) is 5.75 Å². The number of carbonyl (C=O) groups is 1. The summed E-state index contributed by atoms with van der Waals surface area (Å²) in [7, 11) is -2.62. The summed E-state index contributed by atoms with van der Waals surface area (Å²) in [6, 6.07) is 20.1. The second-order valence-electron chi connectivity index (χ2n) is 8.27. The van der Waals surface area contributed by atoms with Crippen molar-refractivity contribution >= 4 is 15.7 Å². The Kier molecular flexibility index (Phi) is 6.48. The number of rotatable bonds is 7. The molecule has 7 heteroatoms. The highest BCUT2D eigenvalue weighted by Crippen LogP contribution is 2.43. The second kappa shape index (κ2) is 9.35. The van der Waals surface area contributed by atoms with Crippen LogP contribution in [0.1, 0.15) is 35.2 Å². The predicted octanol–water partition coefficient (Wildman–Crippen LogP) is 4.89. The van der Waals surface area contributed by atoms with Crippen LogP contribution < -0.4 is 4.74 Å². The largest absolute Gasteiger partial charge is 0.502 e. The zero-order valence-corrected chi connectivity index (χ0v) is 20.2. The number of aliphatic hydroxyl groups is 1. The lowest BCUT2D eigenvalue weighted by molar-refractivity contribution is -0.130. The molecule has 4 rings (SSSR count). The Morgan fingerprint density at radius 3 is 2.24 bits per heavy atom. The monoisotopic (exact) mass is 477 g/mol. The Morgan fingerprint density at radius 2 is 1.62 bits per heavy atom. The van der Waals surface area contributed by atoms with Crippen molar-refractivity contribution in [2.24, 2.45) is 0 Å². The molecule has 0 spiro atoms. The molecule has 176 valence electrons. The van der Waals surface area contributed by atoms with Gasteiger partial charge in [-0.15, -0.1) is 0 Å². The van der Waals surface area contributed by atoms with Crippen LogP contribution in [0.3, 0.4) is 0 Å². The number of hydrogen-bond donors (Lipinski definition) is 1. The van der Waals surface area contributed by atoms with E-state index < -0.39 is 27.5 Å². The number of para-hydroxylation sites is 1. The summed E-state index contributed by atoms with van der Waals surface area (Å²) < 4.78 is 32.8. The summed E-state index contributed by atoms with van der Waals surface area (Å²) in [5.74, 6) is -0.911. The van der Waals surface area contributed by atoms with E-state index in [-0.39, 0.29) is 16.3 Å². The normalized spacial score (nSPS) is 16.3. The first kappa shape index (κ1) is 23.6. The van der Waals surface area contributed by atoms with Gasteiger partial charge in [0, 0.05) is 5.56 Å². The average Bonchev–Trinajstić information content (AvgIpc) is 3.10. The van der Waals surface area contributed by atoms with Gasteiger partial charge in [-0.3, -0.25) is 4.79 Å². The van der Waals surface area contributed by atoms with Crippen molar-refractivity contribution in [3.05, 3.63) is 106 Å². The molecule has 3 aromatic carbocycles. The van der Waals surface area contributed by atoms with Gasteiger partial charge in [0.2, 0.25) is 9.84 Å². The zero-order chi connectivity index (χ0) is 24.5. The van der Waals surface area contributed by atoms with Crippen molar-refractivity contribution in [2.45, 2.75) is 37.8 Å². The second-order valence-corrected chi connectivity index (χ2v) is 10.2. The van der Waals surface area contributed by atoms with Gasteiger partial charge in [-0.1, -0.05) is 67.1 Å². The summed E-state index contributed by atoms with van der Waals surface area (Å²) in [5, 5.41) is 10.9. The number of methoxy groups -OCH3 is 1. The minimum atomic E-state index is -4.16. The maximum absolute atomic E-state index is 13.7. The van der Waals surface area contributed by atoms with Crippen LogP contribution in [0.25, 0.3) is 0 Å². The molecule has 0 radical (unpaired) electrons. The first-order valence-electron chi connectivity index (χ1n) is 11.0. The van der Waals surface area contributed by atoms with Gasteiger partial charge in [0.15, 0.2) is 5.76 Å². The minimum absolute atomic E-state index is 0.0294. The molecular formula is C27H27NO5S. The smallest absolute Gasteiger partial charge is 0.290 e. The third-order valence-electron chi connectivity index (χ3n) is 6.11. The quantitative estimate of drug-likeness (QED) is 0.524. The SMILES string of the molecule is CCc1ccc([C@@H]2C(S(=O)(=O)c3ccc(C)cc3)=C(O)C(=O)N2Cc2ccccc2OC)cc1. The van der Waals surface area contributed by atoms with E-state index in [0.717, 1.165) is 17.5 Å². The molecule has 1 heterocycles. The molecule has 0 fully saturated rings. The van der Waals surface area contributed by atoms with Gasteiger partial charge in [0.05, 0.1) is 24.6 Å². The molecule has 0 aliphatic carbocycles. The number of sulfone groups is 1. The van der Waals surface area contributed by atoms with E-state index in [2.05, 4.69) is 0 Å². The Morgan fingerprint density at radius 1 is 0.971 bits per heavy atom. The van der Waals surface area contributed by atoms with Crippen molar-refractivity contribution in [1.29, 1.82) is 0 Å². The van der Waals surface area contributed by atoms with Crippen molar-refractivity contribution in [3.63, 3.8) is 0 Å². The third kappa shape index (κ3) is 4.19. The zero-order valence-electron chi connectivity index (χ0n) is 19.4. The molecule has 3 aromatic rings. The fourth-order valence-corrected chi connectivity index (χ4v) is 5.84. The highest BCUT2D eigenvalue weighted by molar-refractivity contribution is 7.95. The van der Waals surface area contributed by atoms with Crippen molar-refractivity contribution in [1.82, 2.24) is 4.90 Å². The van der Waals surface area contributed by atoms with Gasteiger partial charge >= 0.3 is 0 Å². The Labute approximate surface area is 200 Å². The summed E-state index contributed by atoms with van der Waals surface area (Å²) in [4.78, 5) is 14.4. The summed E-state index contributed by atoms with van der Waals surface area (Å²) in [5.41, 5.74) is 3.30. The molecule has 0 saturated heterocycles. The van der Waals surface area contributed by atoms with E-state index in [1.165, 1.54) is 24.1 Å². The Hall–Kier alpha value is -3.58. The van der Waals surface area contributed by atoms with Crippen LogP contribution in [0.15, 0.2) is 88.4 Å². The van der Waals surface area contributed by atoms with Crippen LogP contribution in [0.4, 0.5) is 0 Å². The third-order valence-corrected chi connectivity index (χ3v) is 8.00. The highest BCUT2D eigenvalue weighted by atomic mass is 32.2. The van der Waals surface area contributed by atoms with Crippen LogP contribution in [-0.2, 0) is 27.6 Å². The maximum Gasteiger partial charge on any atom is 0.290 e. The number of ether oxygens (including phenoxy) is 1. The number of hydrogen-bond acceptors (Lipinski definition) is 5. The summed E-state index contributed by atoms with van der Waals surface area (Å²) >= 11 is 0. The summed E-state index contributed by atoms with van der Waals surface area (Å²) in [6.45, 7) is 3.96. The average molecular weight is 478 g/mol. The number of aliphatic hydroxyl groups excluding tert-OH is 1. The molecule has 0 bridgehead atoms. The van der Waals surface area contributed by atoms with Crippen LogP contribution in [0.2, 0.25) is 0 Å². The van der Waals surface area contributed by atoms with E-state index in [0.29, 0.717) is 16.9 Å². The molecule has 1 aliphatic heterocycles. The van der Waals surface area contributed by atoms with Gasteiger partial charge < -0.3 is 14.7 Å². The van der Waals surface area contributed by atoms with E-state index in [1.54, 1.807) is 18.2 Å². The molecule has 1 aliphatic rings. The molecule has 34 heavy (non-hydrogen) atoms. The lowest BCUT2D eigenvalue weighted by Crippen LogP contribution is -2.31. The Balaban J connectivity index is 1.86. The van der Waals surface area contributed by atoms with Gasteiger partial charge in [-0.25, -0.2) is 8.42 Å². The molecule has 6 nitrogen and oxygen atoms in total. The topological polar surface area (TPSA) is 83.9 Å². The van der Waals surface area contributed by atoms with Crippen LogP contribution in [0, 0.1) is 6.92 Å². The van der Waals surface area contributed by atoms with E-state index in [4.69, 9.17) is 4.74 Å². The number of aryl methyl sites for hydroxylation is 2. The Bertz CT molecular complexity index is 1340. The van der Waals surface area contributed by atoms with E-state index in [9.17, 15) is 18.3 Å². The first-order valence-corrected chi connectivity index (χ1v) is 12.5. The standard InChI is InChI=1S/C27H27NO5S/c1-4-19-11-13-20(14-12-19)24-26(34(31,32)22-15-9-18(2)10-16-22)25(29)27(30)28(24)17-21-7-5-6-8-23(21)33-3/h5-16,24,29H,4,17H2,1-3H3/t24-/m1/s1. The first-order chi connectivity index (χ1) is 16.3. The number of benzene rings is 3. The predicted molar refractivity (Wildman–Crippen MR) is 130 cm³/mol. The van der Waals surface area contributed by atoms with E-state index in [1.807, 2.05) is 56.3 Å². The van der Waals surface area contributed by atoms with E-state index >= 15 is 0 Å². The van der Waals surface area contributed by atoms with Gasteiger partial charge in [0.1, 0.15) is 10.7 Å². The molecule has 0 unspecified atom stereocenters. The lowest BCUT2D eigenvalue weighted by Gasteiger charge is -2.28. The fourth-order valence-electron chi connectivity index (χ4n) is 4.20. The number of nitrogens with zero attached hydrogens (tertiary/aromatic N) is 1. The summed E-state index contributed by atoms with van der Waals surface area (Å²) in [6.07, 6.45) is 0.824. The van der Waals surface area contributed by atoms with Crippen molar-refractivity contribution in [2.75, 3.05) is 7.11 Å². The molecule has 0 saturated carbocycles. The van der Waals surface area contributed by atoms with Gasteiger partial charge in [0.25, 0.3) is 5.91 Å². The van der Waals surface area contributed by atoms with Crippen molar-refractivity contribution < 1.29 is 23.1 Å². The molecule has 0 aromatic heterocycles. The molecule has 1 atom stereocenters. The number of carbonyl (C=O) groups excluding carboxylic acids is 1. The van der Waals surface area contributed by atoms with Crippen LogP contribution in [0.5, 0.6) is 5.75 Å². The fraction of sp³-hybridized carbons (Fsp3) is 0.222. The minimum Gasteiger partial charge on any atom is -0.502 e. The molecule has 1 amide bonds. The van der Waals surface area contributed by atoms with Gasteiger partial charge in [-0.05, 0) is 42.7 Å². The van der Waals surface area contributed by atoms with Crippen LogP contribution >= 0.6 is 0 Å². The lowest BCUT2D eigenvalue weighted by atomic mass is 10.0.